The van der Waals surface area contributed by atoms with E-state index >= 15 is 0 Å². The fourth-order valence-electron chi connectivity index (χ4n) is 2.94. The zero-order chi connectivity index (χ0) is 18.4. The Balaban J connectivity index is 1.57. The van der Waals surface area contributed by atoms with Crippen molar-refractivity contribution in [1.29, 1.82) is 0 Å². The second-order valence-electron chi connectivity index (χ2n) is 6.48. The van der Waals surface area contributed by atoms with E-state index in [0.717, 1.165) is 16.7 Å². The van der Waals surface area contributed by atoms with Crippen LogP contribution in [0.3, 0.4) is 0 Å². The van der Waals surface area contributed by atoms with Crippen LogP contribution in [-0.2, 0) is 17.8 Å². The van der Waals surface area contributed by atoms with E-state index in [1.807, 2.05) is 24.3 Å². The van der Waals surface area contributed by atoms with Crippen LogP contribution in [0.4, 0.5) is 0 Å². The van der Waals surface area contributed by atoms with Gasteiger partial charge in [0.05, 0.1) is 0 Å². The van der Waals surface area contributed by atoms with Gasteiger partial charge < -0.3 is 10.4 Å². The van der Waals surface area contributed by atoms with Gasteiger partial charge in [0.2, 0.25) is 5.91 Å². The molecule has 0 unspecified atom stereocenters. The molecule has 0 spiro atoms. The average Bonchev–Trinajstić information content (AvgIpc) is 2.66. The molecule has 0 atom stereocenters. The minimum Gasteiger partial charge on any atom is -0.508 e. The van der Waals surface area contributed by atoms with Gasteiger partial charge in [-0.25, -0.2) is 0 Å². The van der Waals surface area contributed by atoms with Crippen molar-refractivity contribution < 1.29 is 9.90 Å². The van der Waals surface area contributed by atoms with Crippen molar-refractivity contribution in [3.63, 3.8) is 0 Å². The number of phenols is 1. The molecule has 0 radical (unpaired) electrons. The first-order valence-corrected chi connectivity index (χ1v) is 8.81. The fraction of sp³-hybridized carbons (Fsp3) is 0.174. The van der Waals surface area contributed by atoms with Crippen LogP contribution in [0.15, 0.2) is 72.8 Å². The van der Waals surface area contributed by atoms with Crippen LogP contribution in [0.2, 0.25) is 0 Å². The lowest BCUT2D eigenvalue weighted by atomic mass is 10.0. The van der Waals surface area contributed by atoms with Gasteiger partial charge in [-0.05, 0) is 47.7 Å². The summed E-state index contributed by atoms with van der Waals surface area (Å²) in [6.07, 6.45) is 0.886. The fourth-order valence-corrected chi connectivity index (χ4v) is 2.94. The predicted molar refractivity (Wildman–Crippen MR) is 105 cm³/mol. The predicted octanol–water partition coefficient (Wildman–Crippen LogP) is 4.62. The van der Waals surface area contributed by atoms with Gasteiger partial charge >= 0.3 is 0 Å². The number of carbonyl (C=O) groups excluding carboxylic acids is 1. The summed E-state index contributed by atoms with van der Waals surface area (Å²) in [5.41, 5.74) is 5.42. The summed E-state index contributed by atoms with van der Waals surface area (Å²) in [6, 6.07) is 23.7. The molecule has 0 fully saturated rings. The Kier molecular flexibility index (Phi) is 5.69. The van der Waals surface area contributed by atoms with Crippen LogP contribution in [0, 0.1) is 6.92 Å². The van der Waals surface area contributed by atoms with Crippen molar-refractivity contribution >= 4 is 5.91 Å². The lowest BCUT2D eigenvalue weighted by molar-refractivity contribution is -0.121. The zero-order valence-electron chi connectivity index (χ0n) is 14.9. The molecule has 3 rings (SSSR count). The normalized spacial score (nSPS) is 10.5. The number of phenolic OH excluding ortho intramolecular Hbond substituents is 1. The monoisotopic (exact) mass is 345 g/mol. The summed E-state index contributed by atoms with van der Waals surface area (Å²) in [7, 11) is 0. The highest BCUT2D eigenvalue weighted by Gasteiger charge is 2.06. The second kappa shape index (κ2) is 8.34. The number of rotatable bonds is 6. The first kappa shape index (κ1) is 17.7. The van der Waals surface area contributed by atoms with Crippen LogP contribution in [0.1, 0.15) is 23.1 Å². The molecule has 0 heterocycles. The Hall–Kier alpha value is -3.07. The van der Waals surface area contributed by atoms with Crippen LogP contribution >= 0.6 is 0 Å². The smallest absolute Gasteiger partial charge is 0.220 e. The molecule has 3 nitrogen and oxygen atoms in total. The highest BCUT2D eigenvalue weighted by Crippen LogP contribution is 2.21. The summed E-state index contributed by atoms with van der Waals surface area (Å²) >= 11 is 0. The van der Waals surface area contributed by atoms with E-state index in [1.165, 1.54) is 11.1 Å². The third-order valence-electron chi connectivity index (χ3n) is 4.38. The lowest BCUT2D eigenvalue weighted by Crippen LogP contribution is -2.23. The molecule has 26 heavy (non-hydrogen) atoms. The molecule has 1 amide bonds. The van der Waals surface area contributed by atoms with Gasteiger partial charge in [-0.2, -0.15) is 0 Å². The SMILES string of the molecule is Cc1cccc(-c2cccc(CNC(=O)CCc3ccccc3O)c2)c1. The first-order valence-electron chi connectivity index (χ1n) is 8.81. The Morgan fingerprint density at radius 2 is 1.65 bits per heavy atom. The van der Waals surface area contributed by atoms with E-state index in [2.05, 4.69) is 48.6 Å². The summed E-state index contributed by atoms with van der Waals surface area (Å²) in [5, 5.41) is 12.7. The molecule has 132 valence electrons. The third-order valence-corrected chi connectivity index (χ3v) is 4.38. The van der Waals surface area contributed by atoms with Crippen molar-refractivity contribution in [1.82, 2.24) is 5.32 Å². The van der Waals surface area contributed by atoms with Gasteiger partial charge in [0.25, 0.3) is 0 Å². The van der Waals surface area contributed by atoms with Gasteiger partial charge in [0.1, 0.15) is 5.75 Å². The third kappa shape index (κ3) is 4.73. The van der Waals surface area contributed by atoms with E-state index in [-0.39, 0.29) is 11.7 Å². The number of hydrogen-bond donors (Lipinski definition) is 2. The summed E-state index contributed by atoms with van der Waals surface area (Å²) in [4.78, 5) is 12.1. The van der Waals surface area contributed by atoms with Crippen molar-refractivity contribution in [2.75, 3.05) is 0 Å². The second-order valence-corrected chi connectivity index (χ2v) is 6.48. The maximum absolute atomic E-state index is 12.1. The minimum absolute atomic E-state index is 0.0192. The van der Waals surface area contributed by atoms with E-state index in [4.69, 9.17) is 0 Å². The molecule has 0 aliphatic rings. The molecule has 3 heteroatoms. The molecule has 0 aliphatic carbocycles. The zero-order valence-corrected chi connectivity index (χ0v) is 14.9. The first-order chi connectivity index (χ1) is 12.6. The largest absolute Gasteiger partial charge is 0.508 e. The number of carbonyl (C=O) groups is 1. The van der Waals surface area contributed by atoms with Crippen LogP contribution in [0.5, 0.6) is 5.75 Å². The topological polar surface area (TPSA) is 49.3 Å². The average molecular weight is 345 g/mol. The Morgan fingerprint density at radius 1 is 0.923 bits per heavy atom. The van der Waals surface area contributed by atoms with Crippen LogP contribution < -0.4 is 5.32 Å². The van der Waals surface area contributed by atoms with Gasteiger partial charge in [-0.1, -0.05) is 66.2 Å². The lowest BCUT2D eigenvalue weighted by Gasteiger charge is -2.09. The van der Waals surface area contributed by atoms with Crippen molar-refractivity contribution in [2.45, 2.75) is 26.3 Å². The summed E-state index contributed by atoms with van der Waals surface area (Å²) < 4.78 is 0. The summed E-state index contributed by atoms with van der Waals surface area (Å²) in [6.45, 7) is 2.58. The molecule has 0 aromatic heterocycles. The Bertz CT molecular complexity index is 902. The number of amides is 1. The molecule has 3 aromatic carbocycles. The van der Waals surface area contributed by atoms with E-state index in [9.17, 15) is 9.90 Å². The van der Waals surface area contributed by atoms with Crippen LogP contribution in [-0.4, -0.2) is 11.0 Å². The molecule has 2 N–H and O–H groups in total. The summed E-state index contributed by atoms with van der Waals surface area (Å²) in [5.74, 6) is 0.223. The van der Waals surface area contributed by atoms with Gasteiger partial charge in [-0.3, -0.25) is 4.79 Å². The van der Waals surface area contributed by atoms with E-state index in [0.29, 0.717) is 19.4 Å². The maximum Gasteiger partial charge on any atom is 0.220 e. The quantitative estimate of drug-likeness (QED) is 0.685. The molecule has 0 saturated carbocycles. The van der Waals surface area contributed by atoms with Crippen molar-refractivity contribution in [3.05, 3.63) is 89.5 Å². The van der Waals surface area contributed by atoms with Crippen LogP contribution in [0.25, 0.3) is 11.1 Å². The molecule has 0 saturated heterocycles. The van der Waals surface area contributed by atoms with E-state index in [1.54, 1.807) is 12.1 Å². The Morgan fingerprint density at radius 3 is 2.42 bits per heavy atom. The highest BCUT2D eigenvalue weighted by molar-refractivity contribution is 5.76. The maximum atomic E-state index is 12.1. The molecule has 0 bridgehead atoms. The Labute approximate surface area is 154 Å². The van der Waals surface area contributed by atoms with E-state index < -0.39 is 0 Å². The number of aromatic hydroxyl groups is 1. The number of benzene rings is 3. The molecule has 3 aromatic rings. The number of para-hydroxylation sites is 1. The molecular formula is C23H23NO2. The van der Waals surface area contributed by atoms with Gasteiger partial charge in [0.15, 0.2) is 0 Å². The number of nitrogens with one attached hydrogen (secondary N) is 1. The molecule has 0 aliphatic heterocycles. The number of hydrogen-bond acceptors (Lipinski definition) is 2. The highest BCUT2D eigenvalue weighted by atomic mass is 16.3. The van der Waals surface area contributed by atoms with Crippen molar-refractivity contribution in [2.24, 2.45) is 0 Å². The van der Waals surface area contributed by atoms with Gasteiger partial charge in [-0.15, -0.1) is 0 Å². The van der Waals surface area contributed by atoms with Gasteiger partial charge in [0, 0.05) is 13.0 Å². The molecular weight excluding hydrogens is 322 g/mol. The standard InChI is InChI=1S/C23H23NO2/c1-17-6-4-9-20(14-17)21-10-5-7-18(15-21)16-24-23(26)13-12-19-8-2-3-11-22(19)25/h2-11,14-15,25H,12-13,16H2,1H3,(H,24,26). The number of aryl methyl sites for hydroxylation is 2. The minimum atomic E-state index is -0.0192. The van der Waals surface area contributed by atoms with Crippen molar-refractivity contribution in [3.8, 4) is 16.9 Å².